The van der Waals surface area contributed by atoms with Gasteiger partial charge in [-0.1, -0.05) is 93.9 Å². The molecule has 0 fully saturated rings. The zero-order valence-electron chi connectivity index (χ0n) is 23.1. The van der Waals surface area contributed by atoms with Crippen LogP contribution in [0.4, 0.5) is 0 Å². The van der Waals surface area contributed by atoms with Crippen molar-refractivity contribution in [3.05, 3.63) is 84.4 Å². The Morgan fingerprint density at radius 2 is 1.61 bits per heavy atom. The zero-order valence-corrected chi connectivity index (χ0v) is 24.0. The monoisotopic (exact) mass is 530 g/mol. The lowest BCUT2D eigenvalue weighted by atomic mass is 9.86. The average molecular weight is 531 g/mol. The number of rotatable bonds is 11. The minimum Gasteiger partial charge on any atom is -0.438 e. The predicted molar refractivity (Wildman–Crippen MR) is 154 cm³/mol. The second kappa shape index (κ2) is 11.9. The third kappa shape index (κ3) is 5.89. The molecule has 6 heteroatoms. The highest BCUT2D eigenvalue weighted by molar-refractivity contribution is 7.68. The van der Waals surface area contributed by atoms with Crippen LogP contribution in [0.3, 0.4) is 0 Å². The minimum atomic E-state index is -3.47. The molecule has 200 valence electrons. The van der Waals surface area contributed by atoms with E-state index in [4.69, 9.17) is 9.36 Å². The minimum absolute atomic E-state index is 0.0311. The molecule has 0 saturated heterocycles. The van der Waals surface area contributed by atoms with Gasteiger partial charge in [-0.3, -0.25) is 9.40 Å². The quantitative estimate of drug-likeness (QED) is 0.184. The molecule has 38 heavy (non-hydrogen) atoms. The van der Waals surface area contributed by atoms with Gasteiger partial charge in [0.2, 0.25) is 0 Å². The summed E-state index contributed by atoms with van der Waals surface area (Å²) in [5, 5.41) is 12.5. The van der Waals surface area contributed by atoms with Gasteiger partial charge in [-0.25, -0.2) is 0 Å². The molecule has 0 aliphatic carbocycles. The van der Waals surface area contributed by atoms with Crippen molar-refractivity contribution in [2.45, 2.75) is 65.8 Å². The predicted octanol–water partition coefficient (Wildman–Crippen LogP) is 8.35. The first-order chi connectivity index (χ1) is 18.2. The Balaban J connectivity index is 1.81. The standard InChI is InChI=1S/C32H39N2O3P/c1-6-7-21-34(36-29(22-32(4,5)23-33)25-15-9-8-10-16-25)31(24(2)3)38(35)30-20-14-12-18-27(30)26-17-11-13-19-28(26)37-38/h8-20,24,29,31H,6-7,21-22H2,1-5H3. The van der Waals surface area contributed by atoms with E-state index in [-0.39, 0.29) is 12.0 Å². The second-order valence-corrected chi connectivity index (χ2v) is 13.4. The summed E-state index contributed by atoms with van der Waals surface area (Å²) < 4.78 is 21.7. The molecule has 0 spiro atoms. The van der Waals surface area contributed by atoms with E-state index < -0.39 is 18.6 Å². The highest BCUT2D eigenvalue weighted by Crippen LogP contribution is 2.60. The van der Waals surface area contributed by atoms with E-state index >= 15 is 4.57 Å². The molecule has 0 amide bonds. The van der Waals surface area contributed by atoms with Gasteiger partial charge >= 0.3 is 0 Å². The lowest BCUT2D eigenvalue weighted by molar-refractivity contribution is -0.222. The van der Waals surface area contributed by atoms with Crippen molar-refractivity contribution in [3.63, 3.8) is 0 Å². The highest BCUT2D eigenvalue weighted by Gasteiger charge is 2.48. The van der Waals surface area contributed by atoms with Gasteiger partial charge < -0.3 is 4.52 Å². The van der Waals surface area contributed by atoms with Crippen LogP contribution in [0.15, 0.2) is 78.9 Å². The van der Waals surface area contributed by atoms with Crippen LogP contribution in [0, 0.1) is 22.7 Å². The second-order valence-electron chi connectivity index (χ2n) is 11.1. The molecule has 3 atom stereocenters. The molecule has 1 aliphatic rings. The maximum atomic E-state index is 15.2. The first-order valence-corrected chi connectivity index (χ1v) is 15.3. The molecule has 4 rings (SSSR count). The summed E-state index contributed by atoms with van der Waals surface area (Å²) >= 11 is 0. The third-order valence-electron chi connectivity index (χ3n) is 7.06. The van der Waals surface area contributed by atoms with Crippen LogP contribution in [-0.4, -0.2) is 17.4 Å². The SMILES string of the molecule is CCCCN(OC(CC(C)(C)C#N)c1ccccc1)C(C(C)C)P1(=O)Oc2ccccc2-c2ccccc21. The fourth-order valence-electron chi connectivity index (χ4n) is 5.15. The van der Waals surface area contributed by atoms with Gasteiger partial charge in [0, 0.05) is 12.1 Å². The number of nitrogens with zero attached hydrogens (tertiary/aromatic N) is 2. The molecule has 3 aromatic carbocycles. The zero-order chi connectivity index (χ0) is 27.3. The van der Waals surface area contributed by atoms with E-state index in [1.807, 2.05) is 97.8 Å². The van der Waals surface area contributed by atoms with Crippen molar-refractivity contribution >= 4 is 12.7 Å². The molecule has 0 aromatic heterocycles. The lowest BCUT2D eigenvalue weighted by Gasteiger charge is -2.42. The van der Waals surface area contributed by atoms with Gasteiger partial charge in [-0.2, -0.15) is 10.3 Å². The molecule has 1 aliphatic heterocycles. The average Bonchev–Trinajstić information content (AvgIpc) is 2.91. The van der Waals surface area contributed by atoms with Crippen LogP contribution >= 0.6 is 7.37 Å². The van der Waals surface area contributed by atoms with Crippen molar-refractivity contribution in [1.82, 2.24) is 5.06 Å². The van der Waals surface area contributed by atoms with Crippen molar-refractivity contribution in [3.8, 4) is 22.9 Å². The molecule has 3 aromatic rings. The summed E-state index contributed by atoms with van der Waals surface area (Å²) in [6.07, 6.45) is 1.98. The van der Waals surface area contributed by atoms with Crippen LogP contribution in [-0.2, 0) is 9.40 Å². The fraction of sp³-hybridized carbons (Fsp3) is 0.406. The number of benzene rings is 3. The maximum Gasteiger partial charge on any atom is 0.297 e. The van der Waals surface area contributed by atoms with E-state index in [0.717, 1.165) is 34.8 Å². The fourth-order valence-corrected chi connectivity index (χ4v) is 8.21. The molecule has 1 heterocycles. The first-order valence-electron chi connectivity index (χ1n) is 13.6. The van der Waals surface area contributed by atoms with Crippen molar-refractivity contribution in [1.29, 1.82) is 5.26 Å². The van der Waals surface area contributed by atoms with Gasteiger partial charge in [0.05, 0.1) is 16.8 Å². The molecular weight excluding hydrogens is 491 g/mol. The normalized spacial score (nSPS) is 18.3. The Kier molecular flexibility index (Phi) is 8.78. The smallest absolute Gasteiger partial charge is 0.297 e. The third-order valence-corrected chi connectivity index (χ3v) is 10.1. The van der Waals surface area contributed by atoms with Crippen LogP contribution in [0.5, 0.6) is 5.75 Å². The topological polar surface area (TPSA) is 62.6 Å². The molecule has 0 N–H and O–H groups in total. The number of hydrogen-bond donors (Lipinski definition) is 0. The number of nitriles is 1. The lowest BCUT2D eigenvalue weighted by Crippen LogP contribution is -2.44. The number of fused-ring (bicyclic) bond motifs is 3. The van der Waals surface area contributed by atoms with Gasteiger partial charge in [0.15, 0.2) is 0 Å². The van der Waals surface area contributed by atoms with E-state index in [9.17, 15) is 5.26 Å². The summed E-state index contributed by atoms with van der Waals surface area (Å²) in [5.74, 6) is 0.0947. The Morgan fingerprint density at radius 1 is 0.974 bits per heavy atom. The summed E-state index contributed by atoms with van der Waals surface area (Å²) in [6, 6.07) is 28.1. The Labute approximate surface area is 227 Å². The summed E-state index contributed by atoms with van der Waals surface area (Å²) in [6.45, 7) is 10.8. The van der Waals surface area contributed by atoms with Gasteiger partial charge in [0.25, 0.3) is 7.37 Å². The number of hydrogen-bond acceptors (Lipinski definition) is 5. The summed E-state index contributed by atoms with van der Waals surface area (Å²) in [7, 11) is -3.47. The largest absolute Gasteiger partial charge is 0.438 e. The summed E-state index contributed by atoms with van der Waals surface area (Å²) in [4.78, 5) is 6.85. The molecule has 3 unspecified atom stereocenters. The van der Waals surface area contributed by atoms with Gasteiger partial charge in [-0.05, 0) is 55.9 Å². The van der Waals surface area contributed by atoms with Crippen molar-refractivity contribution in [2.75, 3.05) is 6.54 Å². The number of unbranched alkanes of at least 4 members (excludes halogenated alkanes) is 1. The van der Waals surface area contributed by atoms with Crippen LogP contribution < -0.4 is 9.83 Å². The van der Waals surface area contributed by atoms with E-state index in [2.05, 4.69) is 26.8 Å². The van der Waals surface area contributed by atoms with Crippen LogP contribution in [0.2, 0.25) is 0 Å². The Morgan fingerprint density at radius 3 is 2.26 bits per heavy atom. The van der Waals surface area contributed by atoms with Crippen LogP contribution in [0.25, 0.3) is 11.1 Å². The van der Waals surface area contributed by atoms with E-state index in [0.29, 0.717) is 18.7 Å². The highest BCUT2D eigenvalue weighted by atomic mass is 31.2. The number of hydroxylamine groups is 2. The molecular formula is C32H39N2O3P. The van der Waals surface area contributed by atoms with Gasteiger partial charge in [-0.15, -0.1) is 0 Å². The van der Waals surface area contributed by atoms with E-state index in [1.54, 1.807) is 0 Å². The summed E-state index contributed by atoms with van der Waals surface area (Å²) in [5.41, 5.74) is 2.30. The molecule has 0 saturated carbocycles. The Hall–Kier alpha value is -2.90. The van der Waals surface area contributed by atoms with Gasteiger partial charge in [0.1, 0.15) is 17.6 Å². The Bertz CT molecular complexity index is 1320. The van der Waals surface area contributed by atoms with Crippen molar-refractivity contribution < 1.29 is 13.9 Å². The van der Waals surface area contributed by atoms with Crippen molar-refractivity contribution in [2.24, 2.45) is 11.3 Å². The molecule has 0 bridgehead atoms. The molecule has 5 nitrogen and oxygen atoms in total. The maximum absolute atomic E-state index is 15.2. The van der Waals surface area contributed by atoms with E-state index in [1.165, 1.54) is 0 Å². The first kappa shape index (κ1) is 28.1. The molecule has 0 radical (unpaired) electrons. The van der Waals surface area contributed by atoms with Crippen LogP contribution in [0.1, 0.15) is 65.5 Å². The number of para-hydroxylation sites is 1.